The van der Waals surface area contributed by atoms with Crippen LogP contribution >= 0.6 is 22.6 Å². The van der Waals surface area contributed by atoms with E-state index in [1.54, 1.807) is 6.20 Å². The number of rotatable bonds is 2. The van der Waals surface area contributed by atoms with Crippen molar-refractivity contribution >= 4 is 22.6 Å². The molecule has 2 rings (SSSR count). The van der Waals surface area contributed by atoms with E-state index in [2.05, 4.69) is 32.7 Å². The minimum atomic E-state index is 0.718. The average molecular weight is 289 g/mol. The lowest BCUT2D eigenvalue weighted by molar-refractivity contribution is 0.388. The molecule has 0 aliphatic rings. The number of aryl methyl sites for hydroxylation is 1. The molecule has 0 fully saturated rings. The van der Waals surface area contributed by atoms with Crippen molar-refractivity contribution in [1.82, 2.24) is 14.7 Å². The normalized spacial score (nSPS) is 10.6. The standard InChI is InChI=1S/C8H8IN3O/c1-6-4-7(11-13-6)5-12-3-2-10-8(12)9/h2-4H,5H2,1H3. The number of aromatic nitrogens is 3. The van der Waals surface area contributed by atoms with Gasteiger partial charge in [0.2, 0.25) is 0 Å². The van der Waals surface area contributed by atoms with E-state index in [0.717, 1.165) is 21.8 Å². The summed E-state index contributed by atoms with van der Waals surface area (Å²) in [4.78, 5) is 4.11. The fourth-order valence-corrected chi connectivity index (χ4v) is 1.59. The summed E-state index contributed by atoms with van der Waals surface area (Å²) in [5.41, 5.74) is 0.924. The smallest absolute Gasteiger partial charge is 0.171 e. The van der Waals surface area contributed by atoms with Crippen LogP contribution < -0.4 is 0 Å². The van der Waals surface area contributed by atoms with Gasteiger partial charge in [-0.1, -0.05) is 5.16 Å². The van der Waals surface area contributed by atoms with Crippen LogP contribution in [-0.2, 0) is 6.54 Å². The number of hydrogen-bond donors (Lipinski definition) is 0. The molecule has 0 aliphatic heterocycles. The second-order valence-electron chi connectivity index (χ2n) is 2.75. The molecule has 0 saturated carbocycles. The van der Waals surface area contributed by atoms with Gasteiger partial charge in [0.15, 0.2) is 3.83 Å². The maximum atomic E-state index is 4.97. The van der Waals surface area contributed by atoms with Gasteiger partial charge in [-0.05, 0) is 29.5 Å². The third-order valence-electron chi connectivity index (χ3n) is 1.67. The summed E-state index contributed by atoms with van der Waals surface area (Å²) in [6.07, 6.45) is 3.69. The average Bonchev–Trinajstić information content (AvgIpc) is 2.64. The van der Waals surface area contributed by atoms with Crippen molar-refractivity contribution in [3.63, 3.8) is 0 Å². The Hall–Kier alpha value is -0.850. The van der Waals surface area contributed by atoms with Crippen molar-refractivity contribution in [2.75, 3.05) is 0 Å². The van der Waals surface area contributed by atoms with Crippen LogP contribution in [0.15, 0.2) is 23.0 Å². The zero-order valence-corrected chi connectivity index (χ0v) is 9.22. The summed E-state index contributed by atoms with van der Waals surface area (Å²) < 4.78 is 7.94. The summed E-state index contributed by atoms with van der Waals surface area (Å²) >= 11 is 2.18. The van der Waals surface area contributed by atoms with Gasteiger partial charge in [-0.3, -0.25) is 0 Å². The van der Waals surface area contributed by atoms with Crippen molar-refractivity contribution in [2.45, 2.75) is 13.5 Å². The highest BCUT2D eigenvalue weighted by Crippen LogP contribution is 2.07. The molecule has 2 aromatic rings. The van der Waals surface area contributed by atoms with E-state index in [0.29, 0.717) is 0 Å². The van der Waals surface area contributed by atoms with E-state index in [1.165, 1.54) is 0 Å². The second kappa shape index (κ2) is 3.49. The van der Waals surface area contributed by atoms with Crippen molar-refractivity contribution in [3.8, 4) is 0 Å². The van der Waals surface area contributed by atoms with Gasteiger partial charge in [0.05, 0.1) is 6.54 Å². The Kier molecular flexibility index (Phi) is 2.34. The number of halogens is 1. The quantitative estimate of drug-likeness (QED) is 0.792. The van der Waals surface area contributed by atoms with E-state index in [4.69, 9.17) is 4.52 Å². The monoisotopic (exact) mass is 289 g/mol. The molecule has 0 amide bonds. The Balaban J connectivity index is 2.19. The number of nitrogens with zero attached hydrogens (tertiary/aromatic N) is 3. The van der Waals surface area contributed by atoms with E-state index in [-0.39, 0.29) is 0 Å². The highest BCUT2D eigenvalue weighted by Gasteiger charge is 2.03. The van der Waals surface area contributed by atoms with Crippen molar-refractivity contribution < 1.29 is 4.52 Å². The predicted molar refractivity (Wildman–Crippen MR) is 55.3 cm³/mol. The zero-order chi connectivity index (χ0) is 9.26. The maximum Gasteiger partial charge on any atom is 0.171 e. The van der Waals surface area contributed by atoms with Crippen LogP contribution in [0.3, 0.4) is 0 Å². The molecule has 0 bridgehead atoms. The molecule has 0 spiro atoms. The minimum Gasteiger partial charge on any atom is -0.361 e. The maximum absolute atomic E-state index is 4.97. The van der Waals surface area contributed by atoms with E-state index < -0.39 is 0 Å². The molecule has 0 atom stereocenters. The first-order valence-corrected chi connectivity index (χ1v) is 4.92. The molecule has 0 saturated heterocycles. The molecule has 0 N–H and O–H groups in total. The summed E-state index contributed by atoms with van der Waals surface area (Å²) in [6.45, 7) is 2.60. The first-order valence-electron chi connectivity index (χ1n) is 3.84. The molecule has 13 heavy (non-hydrogen) atoms. The first kappa shape index (κ1) is 8.74. The topological polar surface area (TPSA) is 43.9 Å². The Bertz CT molecular complexity index is 407. The van der Waals surface area contributed by atoms with Crippen LogP contribution in [-0.4, -0.2) is 14.7 Å². The SMILES string of the molecule is Cc1cc(Cn2ccnc2I)no1. The van der Waals surface area contributed by atoms with Crippen molar-refractivity contribution in [1.29, 1.82) is 0 Å². The van der Waals surface area contributed by atoms with E-state index in [9.17, 15) is 0 Å². The summed E-state index contributed by atoms with van der Waals surface area (Å²) in [5.74, 6) is 0.838. The molecular weight excluding hydrogens is 281 g/mol. The number of hydrogen-bond acceptors (Lipinski definition) is 3. The molecule has 0 aliphatic carbocycles. The van der Waals surface area contributed by atoms with Crippen LogP contribution in [0.2, 0.25) is 0 Å². The summed E-state index contributed by atoms with van der Waals surface area (Å²) in [6, 6.07) is 1.93. The zero-order valence-electron chi connectivity index (χ0n) is 7.07. The molecular formula is C8H8IN3O. The lowest BCUT2D eigenvalue weighted by Gasteiger charge is -1.98. The van der Waals surface area contributed by atoms with Crippen LogP contribution in [0, 0.1) is 10.8 Å². The first-order chi connectivity index (χ1) is 6.25. The third kappa shape index (κ3) is 1.90. The van der Waals surface area contributed by atoms with E-state index >= 15 is 0 Å². The fourth-order valence-electron chi connectivity index (χ4n) is 1.10. The summed E-state index contributed by atoms with van der Waals surface area (Å²) in [7, 11) is 0. The Morgan fingerprint density at radius 1 is 1.62 bits per heavy atom. The fraction of sp³-hybridized carbons (Fsp3) is 0.250. The Morgan fingerprint density at radius 3 is 3.00 bits per heavy atom. The predicted octanol–water partition coefficient (Wildman–Crippen LogP) is 1.83. The van der Waals surface area contributed by atoms with Gasteiger partial charge in [-0.2, -0.15) is 0 Å². The second-order valence-corrected chi connectivity index (χ2v) is 3.72. The van der Waals surface area contributed by atoms with Crippen LogP contribution in [0.1, 0.15) is 11.5 Å². The van der Waals surface area contributed by atoms with Crippen LogP contribution in [0.25, 0.3) is 0 Å². The highest BCUT2D eigenvalue weighted by molar-refractivity contribution is 14.1. The van der Waals surface area contributed by atoms with Gasteiger partial charge in [-0.25, -0.2) is 4.98 Å². The lowest BCUT2D eigenvalue weighted by atomic mass is 10.4. The Morgan fingerprint density at radius 2 is 2.46 bits per heavy atom. The number of imidazole rings is 1. The van der Waals surface area contributed by atoms with E-state index in [1.807, 2.05) is 23.8 Å². The summed E-state index contributed by atoms with van der Waals surface area (Å²) in [5, 5.41) is 3.90. The van der Waals surface area contributed by atoms with Gasteiger partial charge >= 0.3 is 0 Å². The van der Waals surface area contributed by atoms with Crippen molar-refractivity contribution in [3.05, 3.63) is 33.7 Å². The van der Waals surface area contributed by atoms with Gasteiger partial charge in [0.1, 0.15) is 11.5 Å². The third-order valence-corrected chi connectivity index (χ3v) is 2.57. The van der Waals surface area contributed by atoms with Gasteiger partial charge in [-0.15, -0.1) is 0 Å². The minimum absolute atomic E-state index is 0.718. The molecule has 2 aromatic heterocycles. The lowest BCUT2D eigenvalue weighted by Crippen LogP contribution is -2.00. The molecule has 0 radical (unpaired) electrons. The molecule has 0 unspecified atom stereocenters. The van der Waals surface area contributed by atoms with Gasteiger partial charge in [0, 0.05) is 18.5 Å². The van der Waals surface area contributed by atoms with Gasteiger partial charge < -0.3 is 9.09 Å². The molecule has 68 valence electrons. The molecule has 5 heteroatoms. The van der Waals surface area contributed by atoms with Gasteiger partial charge in [0.25, 0.3) is 0 Å². The largest absolute Gasteiger partial charge is 0.361 e. The molecule has 0 aromatic carbocycles. The van der Waals surface area contributed by atoms with Crippen LogP contribution in [0.5, 0.6) is 0 Å². The highest BCUT2D eigenvalue weighted by atomic mass is 127. The molecule has 4 nitrogen and oxygen atoms in total. The van der Waals surface area contributed by atoms with Crippen molar-refractivity contribution in [2.24, 2.45) is 0 Å². The van der Waals surface area contributed by atoms with Crippen LogP contribution in [0.4, 0.5) is 0 Å². The molecule has 2 heterocycles. The Labute approximate surface area is 89.1 Å².